The van der Waals surface area contributed by atoms with Crippen LogP contribution in [0.2, 0.25) is 0 Å². The van der Waals surface area contributed by atoms with Gasteiger partial charge in [0.15, 0.2) is 0 Å². The van der Waals surface area contributed by atoms with E-state index in [1.807, 2.05) is 31.7 Å². The maximum absolute atomic E-state index is 12.2. The van der Waals surface area contributed by atoms with Crippen molar-refractivity contribution in [3.8, 4) is 0 Å². The van der Waals surface area contributed by atoms with Crippen LogP contribution in [0.4, 0.5) is 4.79 Å². The minimum atomic E-state index is -0.413. The van der Waals surface area contributed by atoms with Crippen LogP contribution in [0.3, 0.4) is 0 Å². The van der Waals surface area contributed by atoms with Crippen molar-refractivity contribution in [2.45, 2.75) is 57.8 Å². The summed E-state index contributed by atoms with van der Waals surface area (Å²) in [6, 6.07) is 11.3. The number of carbonyl (C=O) groups excluding carboxylic acids is 1. The molecule has 1 saturated heterocycles. The largest absolute Gasteiger partial charge is 0.444 e. The Hall–Kier alpha value is -1.55. The number of hydrogen-bond donors (Lipinski definition) is 1. The first kappa shape index (κ1) is 15.3. The van der Waals surface area contributed by atoms with E-state index in [9.17, 15) is 4.79 Å². The maximum atomic E-state index is 12.2. The maximum Gasteiger partial charge on any atom is 0.410 e. The van der Waals surface area contributed by atoms with Crippen LogP contribution < -0.4 is 5.32 Å². The van der Waals surface area contributed by atoms with Gasteiger partial charge >= 0.3 is 6.09 Å². The van der Waals surface area contributed by atoms with Gasteiger partial charge in [0.05, 0.1) is 0 Å². The second-order valence-corrected chi connectivity index (χ2v) is 7.49. The summed E-state index contributed by atoms with van der Waals surface area (Å²) in [5.74, 6) is 0.557. The predicted molar refractivity (Wildman–Crippen MR) is 86.5 cm³/mol. The first-order valence-electron chi connectivity index (χ1n) is 8.19. The number of nitrogens with zero attached hydrogens (tertiary/aromatic N) is 1. The van der Waals surface area contributed by atoms with Crippen molar-refractivity contribution in [3.05, 3.63) is 35.9 Å². The van der Waals surface area contributed by atoms with Crippen molar-refractivity contribution >= 4 is 6.09 Å². The molecule has 0 spiro atoms. The van der Waals surface area contributed by atoms with Crippen molar-refractivity contribution in [3.63, 3.8) is 0 Å². The molecular formula is C18H26N2O2. The third kappa shape index (κ3) is 3.43. The molecule has 2 fully saturated rings. The lowest BCUT2D eigenvalue weighted by Gasteiger charge is -2.33. The molecule has 0 radical (unpaired) electrons. The van der Waals surface area contributed by atoms with Crippen LogP contribution in [0.25, 0.3) is 0 Å². The Bertz CT molecular complexity index is 524. The fraction of sp³-hybridized carbons (Fsp3) is 0.611. The number of benzene rings is 1. The van der Waals surface area contributed by atoms with Crippen molar-refractivity contribution in [1.82, 2.24) is 10.2 Å². The van der Waals surface area contributed by atoms with E-state index in [1.54, 1.807) is 0 Å². The van der Waals surface area contributed by atoms with Gasteiger partial charge in [-0.3, -0.25) is 0 Å². The lowest BCUT2D eigenvalue weighted by atomic mass is 10.0. The predicted octanol–water partition coefficient (Wildman–Crippen LogP) is 3.17. The van der Waals surface area contributed by atoms with Crippen LogP contribution in [0.1, 0.15) is 39.2 Å². The molecule has 2 bridgehead atoms. The van der Waals surface area contributed by atoms with Crippen LogP contribution in [0, 0.1) is 5.92 Å². The molecule has 22 heavy (non-hydrogen) atoms. The number of nitrogens with one attached hydrogen (secondary N) is 1. The molecule has 4 heteroatoms. The number of rotatable bonds is 3. The second kappa shape index (κ2) is 5.92. The number of amides is 1. The zero-order valence-electron chi connectivity index (χ0n) is 13.7. The Balaban J connectivity index is 1.50. The molecule has 2 unspecified atom stereocenters. The molecule has 1 aliphatic heterocycles. The normalized spacial score (nSPS) is 27.2. The fourth-order valence-corrected chi connectivity index (χ4v) is 3.59. The van der Waals surface area contributed by atoms with Crippen LogP contribution in [-0.4, -0.2) is 35.2 Å². The molecule has 120 valence electrons. The summed E-state index contributed by atoms with van der Waals surface area (Å²) in [6.45, 7) is 7.49. The van der Waals surface area contributed by atoms with E-state index >= 15 is 0 Å². The van der Waals surface area contributed by atoms with Gasteiger partial charge in [0.2, 0.25) is 0 Å². The van der Waals surface area contributed by atoms with E-state index in [-0.39, 0.29) is 6.09 Å². The highest BCUT2D eigenvalue weighted by molar-refractivity contribution is 5.69. The summed E-state index contributed by atoms with van der Waals surface area (Å²) in [6.07, 6.45) is 1.99. The van der Waals surface area contributed by atoms with Crippen LogP contribution >= 0.6 is 0 Å². The van der Waals surface area contributed by atoms with Crippen LogP contribution in [-0.2, 0) is 11.3 Å². The second-order valence-electron chi connectivity index (χ2n) is 7.49. The highest BCUT2D eigenvalue weighted by Crippen LogP contribution is 2.38. The van der Waals surface area contributed by atoms with Gasteiger partial charge in [-0.1, -0.05) is 30.3 Å². The number of carbonyl (C=O) groups is 1. The molecule has 3 rings (SSSR count). The molecule has 1 N–H and O–H groups in total. The summed E-state index contributed by atoms with van der Waals surface area (Å²) in [7, 11) is 0. The zero-order chi connectivity index (χ0) is 15.7. The average molecular weight is 302 g/mol. The molecule has 2 aliphatic rings. The van der Waals surface area contributed by atoms with Gasteiger partial charge in [0, 0.05) is 25.2 Å². The van der Waals surface area contributed by atoms with Crippen molar-refractivity contribution in [1.29, 1.82) is 0 Å². The van der Waals surface area contributed by atoms with E-state index in [0.29, 0.717) is 18.0 Å². The molecule has 1 aromatic carbocycles. The third-order valence-electron chi connectivity index (χ3n) is 4.58. The van der Waals surface area contributed by atoms with Gasteiger partial charge in [-0.05, 0) is 45.1 Å². The quantitative estimate of drug-likeness (QED) is 0.932. The molecule has 1 amide bonds. The number of fused-ring (bicyclic) bond motifs is 2. The van der Waals surface area contributed by atoms with E-state index in [1.165, 1.54) is 5.56 Å². The van der Waals surface area contributed by atoms with Gasteiger partial charge < -0.3 is 15.0 Å². The number of piperidine rings is 1. The Morgan fingerprint density at radius 1 is 1.27 bits per heavy atom. The smallest absolute Gasteiger partial charge is 0.410 e. The number of likely N-dealkylation sites (tertiary alicyclic amines) is 1. The first-order chi connectivity index (χ1) is 10.4. The lowest BCUT2D eigenvalue weighted by Crippen LogP contribution is -2.47. The molecule has 1 aromatic rings. The average Bonchev–Trinajstić information content (AvgIpc) is 3.04. The SMILES string of the molecule is CC(C)(C)OC(=O)N1C[C@H]2CC1CC2NCc1ccccc1. The standard InChI is InChI=1S/C18H26N2O2/c1-18(2,3)22-17(21)20-12-14-9-15(20)10-16(14)19-11-13-7-5-4-6-8-13/h4-8,14-16,19H,9-12H2,1-3H3/t14-,15?,16?/m1/s1. The van der Waals surface area contributed by atoms with Gasteiger partial charge in [-0.25, -0.2) is 4.79 Å². The lowest BCUT2D eigenvalue weighted by molar-refractivity contribution is 0.0174. The monoisotopic (exact) mass is 302 g/mol. The van der Waals surface area contributed by atoms with Crippen molar-refractivity contribution in [2.24, 2.45) is 5.92 Å². The number of hydrogen-bond acceptors (Lipinski definition) is 3. The highest BCUT2D eigenvalue weighted by Gasteiger charge is 2.47. The van der Waals surface area contributed by atoms with E-state index in [2.05, 4.69) is 29.6 Å². The molecule has 0 aromatic heterocycles. The Labute approximate surface area is 132 Å². The van der Waals surface area contributed by atoms with Gasteiger partial charge in [-0.2, -0.15) is 0 Å². The molecule has 3 atom stereocenters. The highest BCUT2D eigenvalue weighted by atomic mass is 16.6. The third-order valence-corrected chi connectivity index (χ3v) is 4.58. The Kier molecular flexibility index (Phi) is 4.13. The summed E-state index contributed by atoms with van der Waals surface area (Å²) < 4.78 is 5.51. The van der Waals surface area contributed by atoms with Gasteiger partial charge in [0.1, 0.15) is 5.60 Å². The summed E-state index contributed by atoms with van der Waals surface area (Å²) in [5, 5.41) is 3.66. The van der Waals surface area contributed by atoms with Gasteiger partial charge in [0.25, 0.3) is 0 Å². The van der Waals surface area contributed by atoms with Crippen LogP contribution in [0.15, 0.2) is 30.3 Å². The molecular weight excluding hydrogens is 276 g/mol. The molecule has 4 nitrogen and oxygen atoms in total. The minimum absolute atomic E-state index is 0.151. The first-order valence-corrected chi connectivity index (χ1v) is 8.19. The molecule has 1 saturated carbocycles. The zero-order valence-corrected chi connectivity index (χ0v) is 13.7. The van der Waals surface area contributed by atoms with E-state index in [4.69, 9.17) is 4.74 Å². The number of ether oxygens (including phenoxy) is 1. The Morgan fingerprint density at radius 2 is 2.00 bits per heavy atom. The summed E-state index contributed by atoms with van der Waals surface area (Å²) in [4.78, 5) is 14.1. The fourth-order valence-electron chi connectivity index (χ4n) is 3.59. The van der Waals surface area contributed by atoms with Crippen molar-refractivity contribution in [2.75, 3.05) is 6.54 Å². The van der Waals surface area contributed by atoms with E-state index < -0.39 is 5.60 Å². The summed E-state index contributed by atoms with van der Waals surface area (Å²) >= 11 is 0. The minimum Gasteiger partial charge on any atom is -0.444 e. The molecule has 1 aliphatic carbocycles. The molecule has 1 heterocycles. The topological polar surface area (TPSA) is 41.6 Å². The van der Waals surface area contributed by atoms with Crippen LogP contribution in [0.5, 0.6) is 0 Å². The summed E-state index contributed by atoms with van der Waals surface area (Å²) in [5.41, 5.74) is 0.901. The van der Waals surface area contributed by atoms with E-state index in [0.717, 1.165) is 25.9 Å². The van der Waals surface area contributed by atoms with Gasteiger partial charge in [-0.15, -0.1) is 0 Å². The van der Waals surface area contributed by atoms with Crippen molar-refractivity contribution < 1.29 is 9.53 Å². The Morgan fingerprint density at radius 3 is 2.59 bits per heavy atom.